The third-order valence-electron chi connectivity index (χ3n) is 5.21. The molecule has 0 saturated carbocycles. The highest BCUT2D eigenvalue weighted by Crippen LogP contribution is 2.33. The molecule has 1 atom stereocenters. The van der Waals surface area contributed by atoms with Crippen LogP contribution in [0.1, 0.15) is 23.3 Å². The summed E-state index contributed by atoms with van der Waals surface area (Å²) in [5.41, 5.74) is 0.578. The average Bonchev–Trinajstić information content (AvgIpc) is 3.25. The Morgan fingerprint density at radius 1 is 1.06 bits per heavy atom. The van der Waals surface area contributed by atoms with Gasteiger partial charge in [-0.3, -0.25) is 15.0 Å². The lowest BCUT2D eigenvalue weighted by molar-refractivity contribution is -0.385. The normalized spacial score (nSPS) is 16.2. The van der Waals surface area contributed by atoms with Crippen LogP contribution < -0.4 is 4.90 Å². The van der Waals surface area contributed by atoms with Crippen molar-refractivity contribution in [1.82, 2.24) is 15.0 Å². The van der Waals surface area contributed by atoms with Crippen molar-refractivity contribution in [3.05, 3.63) is 81.7 Å². The Labute approximate surface area is 179 Å². The van der Waals surface area contributed by atoms with E-state index in [1.54, 1.807) is 35.2 Å². The summed E-state index contributed by atoms with van der Waals surface area (Å²) in [5, 5.41) is 14.4. The number of piperazine rings is 1. The van der Waals surface area contributed by atoms with Gasteiger partial charge in [-0.15, -0.1) is 0 Å². The fourth-order valence-electron chi connectivity index (χ4n) is 3.71. The number of non-ortho nitro benzene ring substituents is 1. The molecule has 32 heavy (non-hydrogen) atoms. The Bertz CT molecular complexity index is 1100. The summed E-state index contributed by atoms with van der Waals surface area (Å²) in [6.07, 6.45) is -4.75. The lowest BCUT2D eigenvalue weighted by Crippen LogP contribution is -2.48. The molecule has 0 N–H and O–H groups in total. The molecule has 2 heterocycles. The molecule has 12 heteroatoms. The Hall–Kier alpha value is -3.54. The van der Waals surface area contributed by atoms with E-state index in [1.807, 2.05) is 4.90 Å². The number of benzene rings is 2. The van der Waals surface area contributed by atoms with Gasteiger partial charge in [0.2, 0.25) is 0 Å². The molecule has 1 fully saturated rings. The first kappa shape index (κ1) is 21.7. The molecule has 0 bridgehead atoms. The van der Waals surface area contributed by atoms with Gasteiger partial charge in [0.15, 0.2) is 11.6 Å². The van der Waals surface area contributed by atoms with Crippen molar-refractivity contribution < 1.29 is 27.0 Å². The van der Waals surface area contributed by atoms with E-state index in [0.717, 1.165) is 6.07 Å². The van der Waals surface area contributed by atoms with Gasteiger partial charge in [-0.05, 0) is 11.6 Å². The topological polar surface area (TPSA) is 88.5 Å². The second-order valence-corrected chi connectivity index (χ2v) is 7.18. The van der Waals surface area contributed by atoms with Gasteiger partial charge in [0.05, 0.1) is 22.7 Å². The average molecular weight is 451 g/mol. The molecule has 0 spiro atoms. The molecular formula is C20H17F4N5O3. The summed E-state index contributed by atoms with van der Waals surface area (Å²) in [7, 11) is 0. The minimum atomic E-state index is -4.75. The Morgan fingerprint density at radius 2 is 1.75 bits per heavy atom. The van der Waals surface area contributed by atoms with Crippen LogP contribution in [-0.4, -0.2) is 46.1 Å². The van der Waals surface area contributed by atoms with Gasteiger partial charge in [-0.1, -0.05) is 35.5 Å². The second-order valence-electron chi connectivity index (χ2n) is 7.18. The van der Waals surface area contributed by atoms with Gasteiger partial charge < -0.3 is 9.42 Å². The fraction of sp³-hybridized carbons (Fsp3) is 0.300. The van der Waals surface area contributed by atoms with Crippen LogP contribution in [0.2, 0.25) is 0 Å². The minimum Gasteiger partial charge on any atom is -0.367 e. The number of nitro benzene ring substituents is 1. The van der Waals surface area contributed by atoms with Crippen LogP contribution in [0.4, 0.5) is 28.9 Å². The van der Waals surface area contributed by atoms with Crippen LogP contribution in [0.25, 0.3) is 0 Å². The van der Waals surface area contributed by atoms with Crippen LogP contribution in [-0.2, 0) is 6.18 Å². The van der Waals surface area contributed by atoms with Gasteiger partial charge >= 0.3 is 12.1 Å². The zero-order valence-electron chi connectivity index (χ0n) is 16.5. The monoisotopic (exact) mass is 451 g/mol. The standard InChI is InChI=1S/C20H17F4N5O3/c21-15-12-14(29(30)31)6-7-16(15)27-8-10-28(11-9-27)17(13-4-2-1-3-5-13)18-25-19(32-26-18)20(22,23)24/h1-7,12,17H,8-11H2. The molecule has 168 valence electrons. The summed E-state index contributed by atoms with van der Waals surface area (Å²) in [6.45, 7) is 1.43. The molecule has 1 aliphatic rings. The highest BCUT2D eigenvalue weighted by molar-refractivity contribution is 5.52. The lowest BCUT2D eigenvalue weighted by atomic mass is 10.0. The molecule has 0 radical (unpaired) electrons. The van der Waals surface area contributed by atoms with E-state index in [2.05, 4.69) is 14.7 Å². The minimum absolute atomic E-state index is 0.113. The maximum Gasteiger partial charge on any atom is 0.471 e. The number of anilines is 1. The smallest absolute Gasteiger partial charge is 0.367 e. The van der Waals surface area contributed by atoms with E-state index in [0.29, 0.717) is 31.7 Å². The predicted octanol–water partition coefficient (Wildman–Crippen LogP) is 4.05. The van der Waals surface area contributed by atoms with E-state index in [-0.39, 0.29) is 17.2 Å². The summed E-state index contributed by atoms with van der Waals surface area (Å²) in [4.78, 5) is 17.3. The van der Waals surface area contributed by atoms with Crippen molar-refractivity contribution in [2.45, 2.75) is 12.2 Å². The number of rotatable bonds is 5. The first-order valence-corrected chi connectivity index (χ1v) is 9.62. The van der Waals surface area contributed by atoms with Gasteiger partial charge in [0.25, 0.3) is 5.69 Å². The molecule has 1 saturated heterocycles. The predicted molar refractivity (Wildman–Crippen MR) is 104 cm³/mol. The molecule has 1 aliphatic heterocycles. The Balaban J connectivity index is 1.56. The number of halogens is 4. The fourth-order valence-corrected chi connectivity index (χ4v) is 3.71. The zero-order chi connectivity index (χ0) is 22.9. The molecule has 8 nitrogen and oxygen atoms in total. The Morgan fingerprint density at radius 3 is 2.31 bits per heavy atom. The lowest BCUT2D eigenvalue weighted by Gasteiger charge is -2.39. The van der Waals surface area contributed by atoms with Crippen LogP contribution in [0.3, 0.4) is 0 Å². The van der Waals surface area contributed by atoms with E-state index >= 15 is 0 Å². The number of nitrogens with zero attached hydrogens (tertiary/aromatic N) is 5. The van der Waals surface area contributed by atoms with E-state index in [4.69, 9.17) is 0 Å². The van der Waals surface area contributed by atoms with Crippen molar-refractivity contribution in [3.8, 4) is 0 Å². The molecule has 4 rings (SSSR count). The van der Waals surface area contributed by atoms with E-state index in [9.17, 15) is 27.7 Å². The number of nitro groups is 1. The van der Waals surface area contributed by atoms with Crippen LogP contribution in [0, 0.1) is 15.9 Å². The molecular weight excluding hydrogens is 434 g/mol. The Kier molecular flexibility index (Phi) is 5.78. The summed E-state index contributed by atoms with van der Waals surface area (Å²) < 4.78 is 57.7. The molecule has 3 aromatic rings. The highest BCUT2D eigenvalue weighted by atomic mass is 19.4. The summed E-state index contributed by atoms with van der Waals surface area (Å²) >= 11 is 0. The first-order chi connectivity index (χ1) is 15.2. The summed E-state index contributed by atoms with van der Waals surface area (Å²) in [5.74, 6) is -2.24. The van der Waals surface area contributed by atoms with Gasteiger partial charge in [0.1, 0.15) is 0 Å². The van der Waals surface area contributed by atoms with Crippen molar-refractivity contribution in [1.29, 1.82) is 0 Å². The van der Waals surface area contributed by atoms with Crippen molar-refractivity contribution in [3.63, 3.8) is 0 Å². The quantitative estimate of drug-likeness (QED) is 0.329. The van der Waals surface area contributed by atoms with Crippen molar-refractivity contribution >= 4 is 11.4 Å². The van der Waals surface area contributed by atoms with Crippen LogP contribution in [0.15, 0.2) is 53.1 Å². The highest BCUT2D eigenvalue weighted by Gasteiger charge is 2.40. The number of alkyl halides is 3. The number of hydrogen-bond donors (Lipinski definition) is 0. The third kappa shape index (κ3) is 4.40. The SMILES string of the molecule is O=[N+]([O-])c1ccc(N2CCN(C(c3ccccc3)c3noc(C(F)(F)F)n3)CC2)c(F)c1. The molecule has 0 amide bonds. The number of aromatic nitrogens is 2. The van der Waals surface area contributed by atoms with Crippen LogP contribution in [0.5, 0.6) is 0 Å². The van der Waals surface area contributed by atoms with Gasteiger partial charge in [-0.2, -0.15) is 18.2 Å². The second kappa shape index (κ2) is 8.54. The maximum absolute atomic E-state index is 14.4. The maximum atomic E-state index is 14.4. The van der Waals surface area contributed by atoms with Crippen molar-refractivity contribution in [2.75, 3.05) is 31.1 Å². The van der Waals surface area contributed by atoms with E-state index in [1.165, 1.54) is 12.1 Å². The molecule has 2 aromatic carbocycles. The molecule has 1 unspecified atom stereocenters. The third-order valence-corrected chi connectivity index (χ3v) is 5.21. The van der Waals surface area contributed by atoms with E-state index < -0.39 is 28.8 Å². The molecule has 1 aromatic heterocycles. The van der Waals surface area contributed by atoms with Gasteiger partial charge in [0, 0.05) is 32.2 Å². The largest absolute Gasteiger partial charge is 0.471 e. The number of hydrogen-bond acceptors (Lipinski definition) is 7. The molecule has 0 aliphatic carbocycles. The first-order valence-electron chi connectivity index (χ1n) is 9.62. The van der Waals surface area contributed by atoms with Crippen molar-refractivity contribution in [2.24, 2.45) is 0 Å². The summed E-state index contributed by atoms with van der Waals surface area (Å²) in [6, 6.07) is 11.6. The zero-order valence-corrected chi connectivity index (χ0v) is 16.5. The van der Waals surface area contributed by atoms with Gasteiger partial charge in [-0.25, -0.2) is 4.39 Å². The van der Waals surface area contributed by atoms with Crippen LogP contribution >= 0.6 is 0 Å².